The van der Waals surface area contributed by atoms with E-state index in [9.17, 15) is 9.59 Å². The van der Waals surface area contributed by atoms with Crippen molar-refractivity contribution in [2.75, 3.05) is 31.6 Å². The van der Waals surface area contributed by atoms with Gasteiger partial charge in [0.1, 0.15) is 18.5 Å². The molecule has 0 bridgehead atoms. The van der Waals surface area contributed by atoms with E-state index in [4.69, 9.17) is 11.6 Å². The number of nitrogens with zero attached hydrogens (tertiary/aromatic N) is 4. The first-order valence-corrected chi connectivity index (χ1v) is 11.7. The molecule has 0 spiro atoms. The number of likely N-dealkylation sites (N-methyl/N-ethyl adjacent to an activating group) is 1. The summed E-state index contributed by atoms with van der Waals surface area (Å²) in [5.41, 5.74) is 3.07. The van der Waals surface area contributed by atoms with E-state index in [0.717, 1.165) is 41.3 Å². The zero-order valence-electron chi connectivity index (χ0n) is 18.8. The van der Waals surface area contributed by atoms with Crippen LogP contribution in [0, 0.1) is 6.92 Å². The second-order valence-corrected chi connectivity index (χ2v) is 9.21. The number of rotatable bonds is 4. The van der Waals surface area contributed by atoms with Gasteiger partial charge in [0, 0.05) is 37.4 Å². The minimum atomic E-state index is -0.424. The van der Waals surface area contributed by atoms with Gasteiger partial charge in [-0.3, -0.25) is 19.9 Å². The summed E-state index contributed by atoms with van der Waals surface area (Å²) in [4.78, 5) is 34.0. The highest BCUT2D eigenvalue weighted by Crippen LogP contribution is 2.34. The Bertz CT molecular complexity index is 1090. The maximum Gasteiger partial charge on any atom is 0.328 e. The summed E-state index contributed by atoms with van der Waals surface area (Å²) in [6.45, 7) is 3.87. The summed E-state index contributed by atoms with van der Waals surface area (Å²) in [6, 6.07) is 15.2. The van der Waals surface area contributed by atoms with Gasteiger partial charge in [-0.1, -0.05) is 60.2 Å². The summed E-state index contributed by atoms with van der Waals surface area (Å²) >= 11 is 6.39. The lowest BCUT2D eigenvalue weighted by Gasteiger charge is -2.43. The molecule has 3 aliphatic heterocycles. The van der Waals surface area contributed by atoms with Crippen LogP contribution in [0.25, 0.3) is 6.08 Å². The van der Waals surface area contributed by atoms with E-state index >= 15 is 0 Å². The van der Waals surface area contributed by atoms with Crippen molar-refractivity contribution in [3.8, 4) is 0 Å². The van der Waals surface area contributed by atoms with Crippen molar-refractivity contribution in [3.05, 3.63) is 70.8 Å². The Labute approximate surface area is 199 Å². The number of carbonyl (C=O) groups is 2. The van der Waals surface area contributed by atoms with Gasteiger partial charge in [0.2, 0.25) is 0 Å². The largest absolute Gasteiger partial charge is 0.343 e. The minimum Gasteiger partial charge on any atom is -0.343 e. The molecule has 3 fully saturated rings. The van der Waals surface area contributed by atoms with Crippen LogP contribution in [0.4, 0.5) is 10.5 Å². The fraction of sp³-hybridized carbons (Fsp3) is 0.360. The molecule has 0 aliphatic carbocycles. The number of benzene rings is 2. The van der Waals surface area contributed by atoms with Crippen molar-refractivity contribution in [1.82, 2.24) is 20.0 Å². The molecule has 2 aromatic rings. The Hall–Kier alpha value is -2.87. The van der Waals surface area contributed by atoms with Crippen LogP contribution < -0.4 is 10.2 Å². The van der Waals surface area contributed by atoms with Crippen LogP contribution in [0.2, 0.25) is 5.02 Å². The van der Waals surface area contributed by atoms with Crippen molar-refractivity contribution in [2.24, 2.45) is 0 Å². The lowest BCUT2D eigenvalue weighted by atomic mass is 10.1. The topological polar surface area (TPSA) is 59.1 Å². The van der Waals surface area contributed by atoms with E-state index in [1.165, 1.54) is 4.90 Å². The molecule has 5 rings (SSSR count). The number of aryl methyl sites for hydroxylation is 1. The van der Waals surface area contributed by atoms with Gasteiger partial charge in [-0.15, -0.1) is 0 Å². The number of carbonyl (C=O) groups excluding carboxylic acids is 2. The standard InChI is InChI=1S/C25H28ClN5O2/c1-17-11-12-19(16-20(17)26)29-14-7-15-30-21-22(27-24(29)30)28(2)25(33)31(23(21)32)13-6-10-18-8-4-3-5-9-18/h3-6,8-12,16,21-22,24,27H,7,13-15H2,1-2H3/b10-6+. The molecule has 0 saturated carbocycles. The van der Waals surface area contributed by atoms with E-state index < -0.39 is 6.04 Å². The fourth-order valence-electron chi connectivity index (χ4n) is 4.97. The predicted molar refractivity (Wildman–Crippen MR) is 130 cm³/mol. The maximum atomic E-state index is 13.5. The average molecular weight is 466 g/mol. The second-order valence-electron chi connectivity index (χ2n) is 8.80. The second kappa shape index (κ2) is 8.82. The third kappa shape index (κ3) is 3.90. The van der Waals surface area contributed by atoms with E-state index in [-0.39, 0.29) is 30.9 Å². The lowest BCUT2D eigenvalue weighted by Crippen LogP contribution is -2.66. The highest BCUT2D eigenvalue weighted by molar-refractivity contribution is 6.31. The van der Waals surface area contributed by atoms with Gasteiger partial charge < -0.3 is 9.80 Å². The number of fused-ring (bicyclic) bond motifs is 3. The van der Waals surface area contributed by atoms with Gasteiger partial charge in [0.25, 0.3) is 5.91 Å². The number of hydrogen-bond donors (Lipinski definition) is 1. The monoisotopic (exact) mass is 465 g/mol. The van der Waals surface area contributed by atoms with Crippen molar-refractivity contribution in [1.29, 1.82) is 0 Å². The highest BCUT2D eigenvalue weighted by atomic mass is 35.5. The molecule has 3 heterocycles. The normalized spacial score (nSPS) is 25.7. The zero-order valence-corrected chi connectivity index (χ0v) is 19.6. The molecule has 0 aromatic heterocycles. The Kier molecular flexibility index (Phi) is 5.86. The molecule has 172 valence electrons. The zero-order chi connectivity index (χ0) is 23.1. The van der Waals surface area contributed by atoms with Gasteiger partial charge in [-0.25, -0.2) is 4.79 Å². The summed E-state index contributed by atoms with van der Waals surface area (Å²) < 4.78 is 0. The van der Waals surface area contributed by atoms with Crippen LogP contribution in [-0.4, -0.2) is 71.8 Å². The predicted octanol–water partition coefficient (Wildman–Crippen LogP) is 3.35. The molecule has 2 aromatic carbocycles. The third-order valence-electron chi connectivity index (χ3n) is 6.75. The summed E-state index contributed by atoms with van der Waals surface area (Å²) in [5.74, 6) is -0.153. The maximum absolute atomic E-state index is 13.5. The number of anilines is 1. The van der Waals surface area contributed by atoms with E-state index in [2.05, 4.69) is 21.2 Å². The molecule has 3 atom stereocenters. The SMILES string of the molecule is Cc1ccc(N2CCCN3C4C(=O)N(C/C=C/c5ccccc5)C(=O)N(C)C4NC23)cc1Cl. The van der Waals surface area contributed by atoms with Gasteiger partial charge in [0.15, 0.2) is 0 Å². The van der Waals surface area contributed by atoms with Crippen LogP contribution >= 0.6 is 11.6 Å². The average Bonchev–Trinajstić information content (AvgIpc) is 3.22. The molecular formula is C25H28ClN5O2. The first kappa shape index (κ1) is 21.9. The van der Waals surface area contributed by atoms with E-state index in [1.54, 1.807) is 11.9 Å². The van der Waals surface area contributed by atoms with Crippen molar-refractivity contribution >= 4 is 35.3 Å². The van der Waals surface area contributed by atoms with Crippen LogP contribution in [0.3, 0.4) is 0 Å². The Morgan fingerprint density at radius 3 is 2.67 bits per heavy atom. The molecule has 3 unspecified atom stereocenters. The van der Waals surface area contributed by atoms with Gasteiger partial charge in [-0.2, -0.15) is 0 Å². The molecule has 33 heavy (non-hydrogen) atoms. The quantitative estimate of drug-likeness (QED) is 0.750. The molecule has 8 heteroatoms. The summed E-state index contributed by atoms with van der Waals surface area (Å²) in [5, 5.41) is 4.26. The highest BCUT2D eigenvalue weighted by Gasteiger charge is 2.55. The third-order valence-corrected chi connectivity index (χ3v) is 7.16. The Morgan fingerprint density at radius 1 is 1.12 bits per heavy atom. The van der Waals surface area contributed by atoms with Crippen LogP contribution in [-0.2, 0) is 4.79 Å². The number of amides is 3. The summed E-state index contributed by atoms with van der Waals surface area (Å²) in [6.07, 6.45) is 4.19. The first-order valence-electron chi connectivity index (χ1n) is 11.3. The number of urea groups is 1. The first-order chi connectivity index (χ1) is 16.0. The van der Waals surface area contributed by atoms with Crippen LogP contribution in [0.1, 0.15) is 17.5 Å². The van der Waals surface area contributed by atoms with Gasteiger partial charge >= 0.3 is 6.03 Å². The smallest absolute Gasteiger partial charge is 0.328 e. The van der Waals surface area contributed by atoms with Gasteiger partial charge in [-0.05, 0) is 36.6 Å². The van der Waals surface area contributed by atoms with Crippen LogP contribution in [0.15, 0.2) is 54.6 Å². The fourth-order valence-corrected chi connectivity index (χ4v) is 5.15. The van der Waals surface area contributed by atoms with Crippen molar-refractivity contribution < 1.29 is 9.59 Å². The van der Waals surface area contributed by atoms with Crippen molar-refractivity contribution in [3.63, 3.8) is 0 Å². The molecule has 1 N–H and O–H groups in total. The molecule has 3 aliphatic rings. The van der Waals surface area contributed by atoms with E-state index in [1.807, 2.05) is 61.5 Å². The van der Waals surface area contributed by atoms with Crippen molar-refractivity contribution in [2.45, 2.75) is 31.8 Å². The molecule has 7 nitrogen and oxygen atoms in total. The number of nitrogens with one attached hydrogen (secondary N) is 1. The van der Waals surface area contributed by atoms with E-state index in [0.29, 0.717) is 0 Å². The minimum absolute atomic E-state index is 0.153. The Morgan fingerprint density at radius 2 is 1.91 bits per heavy atom. The molecule has 3 saturated heterocycles. The Balaban J connectivity index is 1.38. The molecular weight excluding hydrogens is 438 g/mol. The number of imide groups is 1. The summed E-state index contributed by atoms with van der Waals surface area (Å²) in [7, 11) is 1.76. The molecule has 0 radical (unpaired) electrons. The lowest BCUT2D eigenvalue weighted by molar-refractivity contribution is -0.138. The number of hydrogen-bond acceptors (Lipinski definition) is 5. The molecule has 3 amide bonds. The van der Waals surface area contributed by atoms with Crippen LogP contribution in [0.5, 0.6) is 0 Å². The van der Waals surface area contributed by atoms with Gasteiger partial charge in [0.05, 0.1) is 0 Å². The number of halogens is 1.